The number of nitro groups is 1. The third kappa shape index (κ3) is 5.02. The molecule has 1 aromatic rings. The summed E-state index contributed by atoms with van der Waals surface area (Å²) in [6.07, 6.45) is 1.80. The van der Waals surface area contributed by atoms with Gasteiger partial charge >= 0.3 is 11.7 Å². The Kier molecular flexibility index (Phi) is 5.63. The van der Waals surface area contributed by atoms with Gasteiger partial charge in [0, 0.05) is 12.1 Å². The number of nitro benzene ring substituents is 1. The second-order valence-corrected chi connectivity index (χ2v) is 5.36. The Morgan fingerprint density at radius 3 is 2.62 bits per heavy atom. The van der Waals surface area contributed by atoms with Gasteiger partial charge in [-0.1, -0.05) is 0 Å². The lowest BCUT2D eigenvalue weighted by molar-refractivity contribution is -0.387. The van der Waals surface area contributed by atoms with Gasteiger partial charge in [-0.25, -0.2) is 0 Å². The Labute approximate surface area is 121 Å². The second-order valence-electron chi connectivity index (χ2n) is 5.36. The first-order valence-corrected chi connectivity index (χ1v) is 6.54. The lowest BCUT2D eigenvalue weighted by Crippen LogP contribution is -2.23. The van der Waals surface area contributed by atoms with Crippen molar-refractivity contribution in [3.63, 3.8) is 0 Å². The molecular weight excluding hydrogens is 281 g/mol. The number of carbonyl (C=O) groups is 1. The number of aliphatic carboxylic acids is 1. The number of unbranched alkanes of at least 4 members (excludes halogenated alkanes) is 1. The molecule has 0 aromatic heterocycles. The molecule has 116 valence electrons. The molecule has 0 spiro atoms. The highest BCUT2D eigenvalue weighted by Gasteiger charge is 2.26. The Bertz CT molecular complexity index is 530. The van der Waals surface area contributed by atoms with Crippen LogP contribution in [0.25, 0.3) is 0 Å². The van der Waals surface area contributed by atoms with E-state index in [-0.39, 0.29) is 5.75 Å². The zero-order valence-electron chi connectivity index (χ0n) is 12.0. The van der Waals surface area contributed by atoms with Crippen molar-refractivity contribution in [3.05, 3.63) is 34.1 Å². The molecule has 7 heteroatoms. The fourth-order valence-corrected chi connectivity index (χ4v) is 1.69. The number of ether oxygens (including phenoxy) is 1. The van der Waals surface area contributed by atoms with Gasteiger partial charge in [0.15, 0.2) is 0 Å². The first-order chi connectivity index (χ1) is 9.74. The summed E-state index contributed by atoms with van der Waals surface area (Å²) in [5.74, 6) is -1.57. The quantitative estimate of drug-likeness (QED) is 0.451. The van der Waals surface area contributed by atoms with Crippen LogP contribution in [0.3, 0.4) is 0 Å². The van der Waals surface area contributed by atoms with Gasteiger partial charge in [-0.3, -0.25) is 14.9 Å². The number of nitrogens with zero attached hydrogens (tertiary/aromatic N) is 1. The topological polar surface area (TPSA) is 89.7 Å². The van der Waals surface area contributed by atoms with Crippen LogP contribution in [-0.2, 0) is 4.79 Å². The van der Waals surface area contributed by atoms with Crippen LogP contribution < -0.4 is 4.74 Å². The van der Waals surface area contributed by atoms with Crippen LogP contribution in [0.15, 0.2) is 18.2 Å². The fraction of sp³-hybridized carbons (Fsp3) is 0.500. The normalized spacial score (nSPS) is 11.2. The molecule has 1 aromatic carbocycles. The highest BCUT2D eigenvalue weighted by Crippen LogP contribution is 2.24. The van der Waals surface area contributed by atoms with Gasteiger partial charge in [0.05, 0.1) is 16.9 Å². The fourth-order valence-electron chi connectivity index (χ4n) is 1.69. The number of rotatable bonds is 8. The summed E-state index contributed by atoms with van der Waals surface area (Å²) in [5.41, 5.74) is -1.37. The van der Waals surface area contributed by atoms with Crippen LogP contribution in [0.4, 0.5) is 10.1 Å². The standard InChI is InChI=1S/C14H18FNO5/c1-14(2,13(17)18)7-3-4-8-21-10-5-6-12(16(19)20)11(15)9-10/h5-6,9H,3-4,7-8H2,1-2H3,(H,17,18). The molecule has 0 radical (unpaired) electrons. The minimum atomic E-state index is -0.940. The van der Waals surface area contributed by atoms with Crippen molar-refractivity contribution in [1.29, 1.82) is 0 Å². The van der Waals surface area contributed by atoms with E-state index in [0.717, 1.165) is 12.1 Å². The molecule has 0 fully saturated rings. The van der Waals surface area contributed by atoms with Crippen LogP contribution in [0.5, 0.6) is 5.75 Å². The number of carboxylic acid groups (broad SMARTS) is 1. The molecule has 1 N–H and O–H groups in total. The largest absolute Gasteiger partial charge is 0.493 e. The number of carboxylic acids is 1. The van der Waals surface area contributed by atoms with Crippen molar-refractivity contribution in [2.75, 3.05) is 6.61 Å². The highest BCUT2D eigenvalue weighted by molar-refractivity contribution is 5.73. The smallest absolute Gasteiger partial charge is 0.309 e. The second kappa shape index (κ2) is 7.01. The zero-order valence-corrected chi connectivity index (χ0v) is 12.0. The van der Waals surface area contributed by atoms with Crippen LogP contribution >= 0.6 is 0 Å². The molecular formula is C14H18FNO5. The maximum Gasteiger partial charge on any atom is 0.309 e. The van der Waals surface area contributed by atoms with Gasteiger partial charge in [0.2, 0.25) is 5.82 Å². The van der Waals surface area contributed by atoms with Crippen molar-refractivity contribution < 1.29 is 24.0 Å². The van der Waals surface area contributed by atoms with E-state index in [1.807, 2.05) is 0 Å². The average molecular weight is 299 g/mol. The summed E-state index contributed by atoms with van der Waals surface area (Å²) in [4.78, 5) is 20.6. The number of halogens is 1. The number of hydrogen-bond donors (Lipinski definition) is 1. The lowest BCUT2D eigenvalue weighted by Gasteiger charge is -2.18. The first kappa shape index (κ1) is 16.9. The van der Waals surface area contributed by atoms with E-state index < -0.39 is 27.8 Å². The van der Waals surface area contributed by atoms with Gasteiger partial charge in [0.25, 0.3) is 0 Å². The third-order valence-electron chi connectivity index (χ3n) is 3.16. The van der Waals surface area contributed by atoms with E-state index in [1.54, 1.807) is 13.8 Å². The van der Waals surface area contributed by atoms with E-state index in [9.17, 15) is 19.3 Å². The summed E-state index contributed by atoms with van der Waals surface area (Å²) in [5, 5.41) is 19.4. The van der Waals surface area contributed by atoms with Gasteiger partial charge in [-0.05, 0) is 39.2 Å². The third-order valence-corrected chi connectivity index (χ3v) is 3.16. The van der Waals surface area contributed by atoms with Gasteiger partial charge < -0.3 is 9.84 Å². The predicted octanol–water partition coefficient (Wildman–Crippen LogP) is 3.39. The molecule has 0 amide bonds. The van der Waals surface area contributed by atoms with E-state index in [0.29, 0.717) is 25.9 Å². The Hall–Kier alpha value is -2.18. The van der Waals surface area contributed by atoms with E-state index in [1.165, 1.54) is 6.07 Å². The molecule has 0 aliphatic carbocycles. The van der Waals surface area contributed by atoms with Crippen LogP contribution in [0.2, 0.25) is 0 Å². The van der Waals surface area contributed by atoms with E-state index in [4.69, 9.17) is 9.84 Å². The zero-order chi connectivity index (χ0) is 16.0. The molecule has 0 bridgehead atoms. The first-order valence-electron chi connectivity index (χ1n) is 6.54. The molecule has 6 nitrogen and oxygen atoms in total. The van der Waals surface area contributed by atoms with Gasteiger partial charge in [0.1, 0.15) is 5.75 Å². The average Bonchev–Trinajstić information content (AvgIpc) is 2.37. The summed E-state index contributed by atoms with van der Waals surface area (Å²) < 4.78 is 18.6. The summed E-state index contributed by atoms with van der Waals surface area (Å²) in [6.45, 7) is 3.61. The minimum Gasteiger partial charge on any atom is -0.493 e. The van der Waals surface area contributed by atoms with E-state index in [2.05, 4.69) is 0 Å². The number of benzene rings is 1. The van der Waals surface area contributed by atoms with Gasteiger partial charge in [-0.2, -0.15) is 4.39 Å². The van der Waals surface area contributed by atoms with Crippen molar-refractivity contribution >= 4 is 11.7 Å². The van der Waals surface area contributed by atoms with Crippen LogP contribution in [0.1, 0.15) is 33.1 Å². The van der Waals surface area contributed by atoms with E-state index >= 15 is 0 Å². The van der Waals surface area contributed by atoms with Crippen molar-refractivity contribution in [2.45, 2.75) is 33.1 Å². The maximum absolute atomic E-state index is 13.3. The lowest BCUT2D eigenvalue weighted by atomic mass is 9.87. The summed E-state index contributed by atoms with van der Waals surface area (Å²) in [7, 11) is 0. The van der Waals surface area contributed by atoms with Crippen molar-refractivity contribution in [3.8, 4) is 5.75 Å². The molecule has 1 rings (SSSR count). The summed E-state index contributed by atoms with van der Waals surface area (Å²) >= 11 is 0. The predicted molar refractivity (Wildman–Crippen MR) is 73.8 cm³/mol. The maximum atomic E-state index is 13.3. The molecule has 0 unspecified atom stereocenters. The number of hydrogen-bond acceptors (Lipinski definition) is 4. The molecule has 0 aliphatic heterocycles. The summed E-state index contributed by atoms with van der Waals surface area (Å²) in [6, 6.07) is 3.36. The van der Waals surface area contributed by atoms with Crippen molar-refractivity contribution in [1.82, 2.24) is 0 Å². The molecule has 0 aliphatic rings. The monoisotopic (exact) mass is 299 g/mol. The Morgan fingerprint density at radius 2 is 2.10 bits per heavy atom. The molecule has 0 atom stereocenters. The minimum absolute atomic E-state index is 0.218. The Morgan fingerprint density at radius 1 is 1.43 bits per heavy atom. The van der Waals surface area contributed by atoms with Crippen molar-refractivity contribution in [2.24, 2.45) is 5.41 Å². The molecule has 0 saturated carbocycles. The van der Waals surface area contributed by atoms with Crippen LogP contribution in [0, 0.1) is 21.3 Å². The highest BCUT2D eigenvalue weighted by atomic mass is 19.1. The Balaban J connectivity index is 2.39. The SMILES string of the molecule is CC(C)(CCCCOc1ccc([N+](=O)[O-])c(F)c1)C(=O)O. The van der Waals surface area contributed by atoms with Gasteiger partial charge in [-0.15, -0.1) is 0 Å². The van der Waals surface area contributed by atoms with Crippen LogP contribution in [-0.4, -0.2) is 22.6 Å². The molecule has 0 heterocycles. The molecule has 21 heavy (non-hydrogen) atoms. The molecule has 0 saturated heterocycles.